The summed E-state index contributed by atoms with van der Waals surface area (Å²) in [6, 6.07) is 49.2. The molecule has 56 heteroatoms. The summed E-state index contributed by atoms with van der Waals surface area (Å²) in [6.07, 6.45) is 19.8. The number of benzene rings is 3. The molecule has 13 heterocycles. The van der Waals surface area contributed by atoms with Crippen molar-refractivity contribution < 1.29 is 105 Å². The van der Waals surface area contributed by atoms with E-state index in [1.807, 2.05) is 101 Å². The van der Waals surface area contributed by atoms with Crippen molar-refractivity contribution in [1.82, 2.24) is 92.6 Å². The number of aromatic nitrogens is 18. The second-order valence-corrected chi connectivity index (χ2v) is 29.8. The van der Waals surface area contributed by atoms with E-state index in [2.05, 4.69) is 167 Å². The molecule has 13 aromatic heterocycles. The number of thiol groups is 1. The summed E-state index contributed by atoms with van der Waals surface area (Å²) in [5.41, 5.74) is 8.08. The number of Topliss-reactive ketones (excluding diaryl/α,β-unsaturated/α-hetero) is 3. The number of nitro groups is 2. The number of nitrogens with one attached hydrogen (secondary N) is 6. The largest absolute Gasteiger partial charge is 1.00 e. The van der Waals surface area contributed by atoms with Crippen molar-refractivity contribution in [3.63, 3.8) is 0 Å². The van der Waals surface area contributed by atoms with Crippen molar-refractivity contribution in [2.45, 2.75) is 41.4 Å². The van der Waals surface area contributed by atoms with Gasteiger partial charge in [0.15, 0.2) is 42.7 Å². The Labute approximate surface area is 872 Å². The van der Waals surface area contributed by atoms with Gasteiger partial charge in [-0.3, -0.25) is 93.5 Å². The number of rotatable bonds is 13. The molecule has 2 amide bonds. The normalized spacial score (nSPS) is 9.51. The minimum Gasteiger partial charge on any atom is -1.00 e. The van der Waals surface area contributed by atoms with Crippen LogP contribution >= 0.6 is 174 Å². The van der Waals surface area contributed by atoms with Gasteiger partial charge >= 0.3 is 89.6 Å². The van der Waals surface area contributed by atoms with E-state index in [4.69, 9.17) is 59.4 Å². The SMILES string of the molecule is CC(=O)c1ccc[nH]1.CC(=O)c1cccn1N.CC(=O)c1cccn1NC(=S)NC(=O)c1ccccc1.CI.CSc1nc(Cl)c2ccc(Br)n2n1.CSc1nc(Cl)c2cccn2n1.CSc1ncc2ccc(Br)n2n1.CSc1nn2cccc2c(=O)[nH]1.NOc1ccc([N+](=O)[O-])cc1[N+](=O)[O-].O=C(N=C=S)c1ccccc1.O=c1[nH]c(=S)[nH]n2cccc12.[B].[B]=NS.[H-].[Na+].[Na+].[OH-]. The molecule has 672 valence electrons. The van der Waals surface area contributed by atoms with E-state index in [0.29, 0.717) is 69.8 Å². The fraction of sp³-hybridized carbons (Fsp3) is 0.107. The average molecular weight is 2230 g/mol. The molecule has 16 rings (SSSR count). The van der Waals surface area contributed by atoms with Crippen LogP contribution in [0.4, 0.5) is 11.4 Å². The molecule has 4 radical (unpaired) electrons. The number of alkyl halides is 1. The monoisotopic (exact) mass is 2220 g/mol. The van der Waals surface area contributed by atoms with Crippen LogP contribution in [0.2, 0.25) is 10.3 Å². The zero-order chi connectivity index (χ0) is 93.8. The molecule has 0 saturated heterocycles. The van der Waals surface area contributed by atoms with Crippen LogP contribution < -0.4 is 97.6 Å². The molecule has 0 spiro atoms. The molecule has 39 nitrogen and oxygen atoms in total. The third-order valence-corrected chi connectivity index (χ3v) is 19.4. The van der Waals surface area contributed by atoms with Crippen molar-refractivity contribution in [2.75, 3.05) is 41.2 Å². The number of aliphatic imine (C=N–C) groups is 1. The minimum absolute atomic E-state index is 0. The van der Waals surface area contributed by atoms with Gasteiger partial charge in [0.05, 0.1) is 38.5 Å². The van der Waals surface area contributed by atoms with Crippen molar-refractivity contribution in [2.24, 2.45) is 15.2 Å². The molecule has 0 aliphatic heterocycles. The van der Waals surface area contributed by atoms with Gasteiger partial charge in [-0.1, -0.05) is 129 Å². The molecule has 16 aromatic rings. The molecule has 0 saturated carbocycles. The molecular formula is C75H73B2Br2Cl2IN26Na2O13S8. The van der Waals surface area contributed by atoms with Crippen LogP contribution in [0.5, 0.6) is 5.75 Å². The number of thiocarbonyl (C=S) groups is 2. The molecule has 0 fully saturated rings. The molecule has 0 bridgehead atoms. The number of nitrogens with two attached hydrogens (primary N) is 2. The first-order chi connectivity index (χ1) is 60.8. The van der Waals surface area contributed by atoms with Crippen LogP contribution in [0.25, 0.3) is 27.6 Å². The Bertz CT molecular complexity index is 6670. The predicted octanol–water partition coefficient (Wildman–Crippen LogP) is 9.67. The Morgan fingerprint density at radius 1 is 0.649 bits per heavy atom. The molecule has 131 heavy (non-hydrogen) atoms. The Hall–Kier alpha value is -9.47. The van der Waals surface area contributed by atoms with E-state index in [9.17, 15) is 53.8 Å². The van der Waals surface area contributed by atoms with E-state index in [-0.39, 0.29) is 126 Å². The van der Waals surface area contributed by atoms with Crippen LogP contribution in [-0.4, -0.2) is 188 Å². The van der Waals surface area contributed by atoms with E-state index in [0.717, 1.165) is 49.1 Å². The zero-order valence-electron chi connectivity index (χ0n) is 71.2. The molecule has 3 aromatic carbocycles. The van der Waals surface area contributed by atoms with Gasteiger partial charge in [0, 0.05) is 83.6 Å². The number of nitrogen functional groups attached to an aromatic ring is 1. The maximum Gasteiger partial charge on any atom is 1.00 e. The molecule has 0 aliphatic carbocycles. The summed E-state index contributed by atoms with van der Waals surface area (Å²) in [4.78, 5) is 127. The summed E-state index contributed by atoms with van der Waals surface area (Å²) in [5, 5.41) is 48.8. The number of non-ortho nitro benzene ring substituents is 1. The van der Waals surface area contributed by atoms with E-state index in [1.54, 1.807) is 158 Å². The minimum atomic E-state index is -0.810. The van der Waals surface area contributed by atoms with Crippen LogP contribution in [0, 0.1) is 25.0 Å². The van der Waals surface area contributed by atoms with E-state index >= 15 is 0 Å². The van der Waals surface area contributed by atoms with Gasteiger partial charge in [-0.15, -0.1) is 20.4 Å². The number of hydrogen-bond donors (Lipinski definition) is 9. The van der Waals surface area contributed by atoms with Gasteiger partial charge in [-0.05, 0) is 226 Å². The zero-order valence-corrected chi connectivity index (χ0v) is 87.6. The molecule has 0 atom stereocenters. The maximum absolute atomic E-state index is 11.9. The Kier molecular flexibility index (Phi) is 58.0. The number of aromatic amines is 4. The van der Waals surface area contributed by atoms with Crippen LogP contribution in [0.15, 0.2) is 268 Å². The summed E-state index contributed by atoms with van der Waals surface area (Å²) in [5.74, 6) is 9.17. The molecule has 0 unspecified atom stereocenters. The fourth-order valence-electron chi connectivity index (χ4n) is 9.35. The number of nitro benzene ring substituents is 2. The number of carbonyl (C=O) groups excluding carboxylic acids is 5. The van der Waals surface area contributed by atoms with E-state index < -0.39 is 21.2 Å². The van der Waals surface area contributed by atoms with Gasteiger partial charge in [-0.2, -0.15) is 10.9 Å². The number of isothiocyanates is 1. The quantitative estimate of drug-likeness (QED) is 0.00443. The first-order valence-electron chi connectivity index (χ1n) is 34.9. The Morgan fingerprint density at radius 2 is 1.18 bits per heavy atom. The number of ketones is 3. The summed E-state index contributed by atoms with van der Waals surface area (Å²) < 4.78 is 16.1. The van der Waals surface area contributed by atoms with Crippen molar-refractivity contribution >= 4 is 269 Å². The number of hydrogen-bond acceptors (Lipinski definition) is 31. The number of H-pyrrole nitrogens is 4. The van der Waals surface area contributed by atoms with Gasteiger partial charge in [-0.25, -0.2) is 33.0 Å². The van der Waals surface area contributed by atoms with Crippen molar-refractivity contribution in [3.8, 4) is 5.75 Å². The van der Waals surface area contributed by atoms with Gasteiger partial charge in [0.2, 0.25) is 21.2 Å². The second-order valence-electron chi connectivity index (χ2n) is 23.1. The smallest absolute Gasteiger partial charge is 1.00 e. The van der Waals surface area contributed by atoms with Crippen LogP contribution in [0.3, 0.4) is 0 Å². The fourth-order valence-corrected chi connectivity index (χ4v) is 12.6. The first kappa shape index (κ1) is 120. The van der Waals surface area contributed by atoms with Crippen molar-refractivity contribution in [1.29, 1.82) is 0 Å². The molecule has 11 N–H and O–H groups in total. The first-order valence-corrected chi connectivity index (χ1v) is 45.9. The topological polar surface area (TPSA) is 531 Å². The number of nitrogens with zero attached hydrogens (tertiary/aromatic N) is 18. The number of halogens is 5. The number of carbonyl (C=O) groups is 5. The third-order valence-electron chi connectivity index (χ3n) is 15.0. The van der Waals surface area contributed by atoms with Crippen LogP contribution in [-0.2, 0) is 0 Å². The second kappa shape index (κ2) is 63.6. The van der Waals surface area contributed by atoms with E-state index in [1.165, 1.54) is 77.2 Å². The number of fused-ring (bicyclic) bond motifs is 5. The van der Waals surface area contributed by atoms with Gasteiger partial charge < -0.3 is 22.6 Å². The number of amides is 2. The van der Waals surface area contributed by atoms with Gasteiger partial charge in [0.1, 0.15) is 42.7 Å². The Morgan fingerprint density at radius 3 is 1.70 bits per heavy atom. The predicted molar refractivity (Wildman–Crippen MR) is 532 cm³/mol. The maximum atomic E-state index is 11.9. The standard InChI is InChI=1S/C14H13N3O2S.C8H5NOS.C7H5BrClN3S.C7H6BrN3S.C7H6ClN3S.C7H7N3OS.C6H5N3O5.C6H5N3OS.C6H8N2O.C6H7NO.CH3I.BHNS.B.2Na.H2O.H/c1-10(18)12-8-5-9-17(12)16-14(20)15-13(19)11-6-3-2-4-7-11;10-8(9-6-11)7-4-2-1-3-5-7;1-13-7-10-6(9)4-2-3-5(8)12(4)11-7;1-12-7-9-4-5-2-3-6(8)11(5)10-7;1-12-7-9-6(8)5-3-2-4-11(5)10-7;1-12-7-8-6(11)5-3-2-4-10(5)9-7;7-14-6-2-1-4(8(10)11)3-5(6)9(12)13;10-5-4-2-1-3-9(4)8-6(11)7-5;1-5(9)6-3-2-4-8(6)7;1-5(8)6-3-2-4-7-6;1-2;1-2-3;;;;;/h2-9H,1H3,(H2,15,16,19,20);1-5H;2-3H,1H3;2*2-4H,1H3;2-4H,1H3,(H,8,9,11);1-3H,7H2;1-3H,(H2,7,8,10,11);2-4H,7H2,1H3;2-4,7H,1H3;1H3;3H;;;;1H2;/q;;;;;;;;;;;;;2*+1;;-1/p-1. The van der Waals surface area contributed by atoms with Crippen LogP contribution in [0.1, 0.15) is 74.4 Å². The third kappa shape index (κ3) is 38.9. The summed E-state index contributed by atoms with van der Waals surface area (Å²) in [6.45, 7) is 4.48. The average Bonchev–Trinajstić information content (AvgIpc) is 1.69. The summed E-state index contributed by atoms with van der Waals surface area (Å²) in [7, 11) is 4.34. The molecular weight excluding hydrogens is 2150 g/mol. The van der Waals surface area contributed by atoms with Crippen molar-refractivity contribution in [3.05, 3.63) is 313 Å². The summed E-state index contributed by atoms with van der Waals surface area (Å²) >= 11 is 43.9. The Balaban J connectivity index is 0.00000144. The number of thioether (sulfide) groups is 4. The molecule has 0 aliphatic rings. The van der Waals surface area contributed by atoms with Gasteiger partial charge in [0.25, 0.3) is 28.6 Å².